The molecule has 0 bridgehead atoms. The van der Waals surface area contributed by atoms with Gasteiger partial charge in [-0.2, -0.15) is 0 Å². The average Bonchev–Trinajstić information content (AvgIpc) is 1.83. The molecule has 9 heavy (non-hydrogen) atoms. The van der Waals surface area contributed by atoms with Crippen molar-refractivity contribution in [2.45, 2.75) is 20.3 Å². The second-order valence-electron chi connectivity index (χ2n) is 2.53. The lowest BCUT2D eigenvalue weighted by Crippen LogP contribution is -2.30. The molecular weight excluding hydrogens is 116 g/mol. The number of rotatable bonds is 4. The van der Waals surface area contributed by atoms with Crippen LogP contribution < -0.4 is 5.84 Å². The van der Waals surface area contributed by atoms with E-state index >= 15 is 0 Å². The summed E-state index contributed by atoms with van der Waals surface area (Å²) in [7, 11) is 0. The predicted molar refractivity (Wildman–Crippen MR) is 36.4 cm³/mol. The van der Waals surface area contributed by atoms with Crippen molar-refractivity contribution in [2.75, 3.05) is 6.54 Å². The third-order valence-corrected chi connectivity index (χ3v) is 1.10. The number of amides is 1. The van der Waals surface area contributed by atoms with E-state index in [9.17, 15) is 4.79 Å². The van der Waals surface area contributed by atoms with Crippen molar-refractivity contribution in [3.8, 4) is 0 Å². The lowest BCUT2D eigenvalue weighted by atomic mass is 10.1. The Balaban J connectivity index is 3.16. The summed E-state index contributed by atoms with van der Waals surface area (Å²) in [6, 6.07) is 0. The van der Waals surface area contributed by atoms with E-state index in [1.54, 1.807) is 0 Å². The Morgan fingerprint density at radius 3 is 2.56 bits per heavy atom. The maximum Gasteiger partial charge on any atom is 0.223 e. The molecule has 0 fully saturated rings. The highest BCUT2D eigenvalue weighted by Gasteiger charge is 1.96. The van der Waals surface area contributed by atoms with Gasteiger partial charge in [-0.3, -0.25) is 9.80 Å². The standard InChI is InChI=1S/C6H14N2O/c1-6(2)3-4-8(7)5-9/h5-6H,3-4,7H2,1-2H3. The van der Waals surface area contributed by atoms with E-state index in [-0.39, 0.29) is 0 Å². The molecular formula is C6H14N2O. The smallest absolute Gasteiger partial charge is 0.223 e. The molecule has 0 saturated carbocycles. The van der Waals surface area contributed by atoms with Gasteiger partial charge in [-0.15, -0.1) is 0 Å². The van der Waals surface area contributed by atoms with E-state index in [1.165, 1.54) is 5.01 Å². The first-order chi connectivity index (χ1) is 4.16. The zero-order valence-electron chi connectivity index (χ0n) is 6.00. The third-order valence-electron chi connectivity index (χ3n) is 1.10. The number of nitrogens with zero attached hydrogens (tertiary/aromatic N) is 1. The molecule has 54 valence electrons. The van der Waals surface area contributed by atoms with Crippen LogP contribution in [0.25, 0.3) is 0 Å². The van der Waals surface area contributed by atoms with Crippen molar-refractivity contribution in [1.29, 1.82) is 0 Å². The Bertz CT molecular complexity index is 83.1. The van der Waals surface area contributed by atoms with E-state index in [2.05, 4.69) is 13.8 Å². The minimum absolute atomic E-state index is 0.607. The first-order valence-corrected chi connectivity index (χ1v) is 3.13. The summed E-state index contributed by atoms with van der Waals surface area (Å²) in [5.41, 5.74) is 0. The fraction of sp³-hybridized carbons (Fsp3) is 0.833. The zero-order valence-corrected chi connectivity index (χ0v) is 6.00. The van der Waals surface area contributed by atoms with Crippen LogP contribution in [-0.4, -0.2) is 18.0 Å². The van der Waals surface area contributed by atoms with Crippen molar-refractivity contribution >= 4 is 6.41 Å². The van der Waals surface area contributed by atoms with Gasteiger partial charge in [-0.1, -0.05) is 13.8 Å². The van der Waals surface area contributed by atoms with Crippen LogP contribution in [0.2, 0.25) is 0 Å². The highest BCUT2D eigenvalue weighted by Crippen LogP contribution is 1.97. The van der Waals surface area contributed by atoms with Gasteiger partial charge in [0.2, 0.25) is 6.41 Å². The maximum atomic E-state index is 9.92. The monoisotopic (exact) mass is 130 g/mol. The summed E-state index contributed by atoms with van der Waals surface area (Å²) in [4.78, 5) is 9.92. The SMILES string of the molecule is CC(C)CCN(N)C=O. The van der Waals surface area contributed by atoms with E-state index in [0.29, 0.717) is 18.9 Å². The molecule has 2 N–H and O–H groups in total. The fourth-order valence-electron chi connectivity index (χ4n) is 0.460. The minimum atomic E-state index is 0.607. The van der Waals surface area contributed by atoms with E-state index in [1.807, 2.05) is 0 Å². The summed E-state index contributed by atoms with van der Waals surface area (Å²) in [6.07, 6.45) is 1.61. The molecule has 3 nitrogen and oxygen atoms in total. The van der Waals surface area contributed by atoms with Gasteiger partial charge in [0.15, 0.2) is 0 Å². The first kappa shape index (κ1) is 8.43. The first-order valence-electron chi connectivity index (χ1n) is 3.13. The fourth-order valence-corrected chi connectivity index (χ4v) is 0.460. The maximum absolute atomic E-state index is 9.92. The second-order valence-corrected chi connectivity index (χ2v) is 2.53. The van der Waals surface area contributed by atoms with Gasteiger partial charge in [0.1, 0.15) is 0 Å². The van der Waals surface area contributed by atoms with Crippen molar-refractivity contribution in [3.63, 3.8) is 0 Å². The Kier molecular flexibility index (Phi) is 4.05. The van der Waals surface area contributed by atoms with Crippen LogP contribution in [0, 0.1) is 5.92 Å². The normalized spacial score (nSPS) is 9.78. The number of hydrogen-bond donors (Lipinski definition) is 1. The van der Waals surface area contributed by atoms with Crippen LogP contribution in [0.5, 0.6) is 0 Å². The number of carbonyl (C=O) groups is 1. The molecule has 0 aromatic carbocycles. The zero-order chi connectivity index (χ0) is 7.28. The Morgan fingerprint density at radius 2 is 2.22 bits per heavy atom. The van der Waals surface area contributed by atoms with Crippen LogP contribution in [0.1, 0.15) is 20.3 Å². The van der Waals surface area contributed by atoms with Gasteiger partial charge < -0.3 is 0 Å². The highest BCUT2D eigenvalue weighted by molar-refractivity contribution is 5.45. The van der Waals surface area contributed by atoms with E-state index < -0.39 is 0 Å². The average molecular weight is 130 g/mol. The summed E-state index contributed by atoms with van der Waals surface area (Å²) in [5.74, 6) is 5.79. The summed E-state index contributed by atoms with van der Waals surface area (Å²) in [6.45, 7) is 4.85. The minimum Gasteiger partial charge on any atom is -0.283 e. The molecule has 1 amide bonds. The van der Waals surface area contributed by atoms with E-state index in [4.69, 9.17) is 5.84 Å². The lowest BCUT2D eigenvalue weighted by molar-refractivity contribution is -0.118. The van der Waals surface area contributed by atoms with Gasteiger partial charge >= 0.3 is 0 Å². The van der Waals surface area contributed by atoms with Gasteiger partial charge in [0, 0.05) is 6.54 Å². The number of nitrogens with two attached hydrogens (primary N) is 1. The molecule has 0 spiro atoms. The number of hydrogen-bond acceptors (Lipinski definition) is 2. The van der Waals surface area contributed by atoms with Crippen molar-refractivity contribution < 1.29 is 4.79 Å². The molecule has 0 unspecified atom stereocenters. The van der Waals surface area contributed by atoms with Gasteiger partial charge in [-0.05, 0) is 12.3 Å². The third kappa shape index (κ3) is 5.30. The van der Waals surface area contributed by atoms with Crippen LogP contribution in [0.4, 0.5) is 0 Å². The molecule has 0 saturated heterocycles. The molecule has 0 atom stereocenters. The molecule has 0 aliphatic heterocycles. The van der Waals surface area contributed by atoms with Gasteiger partial charge in [0.25, 0.3) is 0 Å². The largest absolute Gasteiger partial charge is 0.283 e. The Labute approximate surface area is 55.8 Å². The summed E-state index contributed by atoms with van der Waals surface area (Å²) < 4.78 is 0. The molecule has 0 rings (SSSR count). The molecule has 0 aliphatic carbocycles. The van der Waals surface area contributed by atoms with Crippen LogP contribution >= 0.6 is 0 Å². The van der Waals surface area contributed by atoms with E-state index in [0.717, 1.165) is 6.42 Å². The van der Waals surface area contributed by atoms with Crippen LogP contribution in [-0.2, 0) is 4.79 Å². The van der Waals surface area contributed by atoms with Crippen LogP contribution in [0.3, 0.4) is 0 Å². The Morgan fingerprint density at radius 1 is 1.67 bits per heavy atom. The molecule has 3 heteroatoms. The lowest BCUT2D eigenvalue weighted by Gasteiger charge is -2.10. The van der Waals surface area contributed by atoms with Crippen molar-refractivity contribution in [1.82, 2.24) is 5.01 Å². The quantitative estimate of drug-likeness (QED) is 0.258. The molecule has 0 aromatic heterocycles. The van der Waals surface area contributed by atoms with Crippen molar-refractivity contribution in [3.05, 3.63) is 0 Å². The topological polar surface area (TPSA) is 46.3 Å². The summed E-state index contributed by atoms with van der Waals surface area (Å²) in [5, 5.41) is 1.17. The summed E-state index contributed by atoms with van der Waals surface area (Å²) >= 11 is 0. The van der Waals surface area contributed by atoms with Gasteiger partial charge in [-0.25, -0.2) is 5.84 Å². The highest BCUT2D eigenvalue weighted by atomic mass is 16.1. The van der Waals surface area contributed by atoms with Gasteiger partial charge in [0.05, 0.1) is 0 Å². The number of hydrazine groups is 1. The molecule has 0 heterocycles. The predicted octanol–water partition coefficient (Wildman–Crippen LogP) is 0.365. The molecule has 0 radical (unpaired) electrons. The number of carbonyl (C=O) groups excluding carboxylic acids is 1. The second kappa shape index (κ2) is 4.32. The molecule has 0 aliphatic rings. The Hall–Kier alpha value is -0.570. The van der Waals surface area contributed by atoms with Crippen molar-refractivity contribution in [2.24, 2.45) is 11.8 Å². The molecule has 0 aromatic rings. The van der Waals surface area contributed by atoms with Crippen LogP contribution in [0.15, 0.2) is 0 Å².